The maximum absolute atomic E-state index is 12.4. The Morgan fingerprint density at radius 1 is 1.08 bits per heavy atom. The SMILES string of the molecule is O=C(COC(=O)Cc1ccc(Cl)cc1Cl)NC12CC3CC(CC(C3)C1)C2. The highest BCUT2D eigenvalue weighted by atomic mass is 35.5. The third kappa shape index (κ3) is 3.86. The van der Waals surface area contributed by atoms with Crippen molar-refractivity contribution in [2.45, 2.75) is 50.5 Å². The summed E-state index contributed by atoms with van der Waals surface area (Å²) < 4.78 is 5.16. The molecule has 4 aliphatic carbocycles. The molecule has 0 atom stereocenters. The Bertz CT molecular complexity index is 698. The van der Waals surface area contributed by atoms with Crippen LogP contribution in [0.5, 0.6) is 0 Å². The number of carbonyl (C=O) groups is 2. The molecule has 4 bridgehead atoms. The Labute approximate surface area is 163 Å². The zero-order valence-electron chi connectivity index (χ0n) is 14.6. The molecule has 0 aromatic heterocycles. The molecule has 1 amide bonds. The summed E-state index contributed by atoms with van der Waals surface area (Å²) in [6.45, 7) is -0.230. The first kappa shape index (κ1) is 18.1. The summed E-state index contributed by atoms with van der Waals surface area (Å²) in [7, 11) is 0. The number of hydrogen-bond donors (Lipinski definition) is 1. The predicted octanol–water partition coefficient (Wildman–Crippen LogP) is 4.16. The van der Waals surface area contributed by atoms with E-state index in [0.717, 1.165) is 37.0 Å². The van der Waals surface area contributed by atoms with Crippen LogP contribution in [0.4, 0.5) is 0 Å². The van der Waals surface area contributed by atoms with E-state index in [-0.39, 0.29) is 24.5 Å². The number of rotatable bonds is 5. The number of benzene rings is 1. The van der Waals surface area contributed by atoms with Crippen LogP contribution in [0.1, 0.15) is 44.1 Å². The minimum atomic E-state index is -0.463. The highest BCUT2D eigenvalue weighted by Crippen LogP contribution is 2.55. The van der Waals surface area contributed by atoms with E-state index in [4.69, 9.17) is 27.9 Å². The van der Waals surface area contributed by atoms with Gasteiger partial charge in [-0.3, -0.25) is 9.59 Å². The van der Waals surface area contributed by atoms with Gasteiger partial charge >= 0.3 is 5.97 Å². The monoisotopic (exact) mass is 395 g/mol. The average Bonchev–Trinajstić information content (AvgIpc) is 2.54. The maximum Gasteiger partial charge on any atom is 0.310 e. The molecule has 1 aromatic carbocycles. The van der Waals surface area contributed by atoms with Crippen molar-refractivity contribution in [1.29, 1.82) is 0 Å². The summed E-state index contributed by atoms with van der Waals surface area (Å²) >= 11 is 11.9. The van der Waals surface area contributed by atoms with Gasteiger partial charge in [-0.25, -0.2) is 0 Å². The molecule has 1 N–H and O–H groups in total. The molecule has 6 heteroatoms. The highest BCUT2D eigenvalue weighted by molar-refractivity contribution is 6.35. The van der Waals surface area contributed by atoms with Gasteiger partial charge in [-0.05, 0) is 74.0 Å². The summed E-state index contributed by atoms with van der Waals surface area (Å²) in [5.41, 5.74) is 0.583. The fourth-order valence-electron chi connectivity index (χ4n) is 5.61. The predicted molar refractivity (Wildman–Crippen MR) is 100 cm³/mol. The summed E-state index contributed by atoms with van der Waals surface area (Å²) in [6.07, 6.45) is 7.25. The number of carbonyl (C=O) groups excluding carboxylic acids is 2. The van der Waals surface area contributed by atoms with Crippen molar-refractivity contribution in [3.8, 4) is 0 Å². The lowest BCUT2D eigenvalue weighted by Gasteiger charge is -2.56. The molecule has 5 rings (SSSR count). The molecule has 0 aliphatic heterocycles. The average molecular weight is 396 g/mol. The van der Waals surface area contributed by atoms with E-state index >= 15 is 0 Å². The topological polar surface area (TPSA) is 55.4 Å². The zero-order chi connectivity index (χ0) is 18.3. The molecule has 1 aromatic rings. The lowest BCUT2D eigenvalue weighted by atomic mass is 9.53. The van der Waals surface area contributed by atoms with Crippen LogP contribution in [-0.4, -0.2) is 24.0 Å². The van der Waals surface area contributed by atoms with Crippen molar-refractivity contribution in [3.05, 3.63) is 33.8 Å². The Morgan fingerprint density at radius 2 is 1.69 bits per heavy atom. The van der Waals surface area contributed by atoms with Crippen molar-refractivity contribution in [1.82, 2.24) is 5.32 Å². The highest BCUT2D eigenvalue weighted by Gasteiger charge is 2.51. The molecule has 4 fully saturated rings. The van der Waals surface area contributed by atoms with E-state index in [1.807, 2.05) is 0 Å². The van der Waals surface area contributed by atoms with E-state index in [9.17, 15) is 9.59 Å². The number of ether oxygens (including phenoxy) is 1. The quantitative estimate of drug-likeness (QED) is 0.761. The third-order valence-corrected chi connectivity index (χ3v) is 6.74. The number of halogens is 2. The normalized spacial score (nSPS) is 31.7. The van der Waals surface area contributed by atoms with Gasteiger partial charge in [0.1, 0.15) is 0 Å². The molecule has 4 saturated carbocycles. The van der Waals surface area contributed by atoms with E-state index < -0.39 is 5.97 Å². The Balaban J connectivity index is 1.28. The van der Waals surface area contributed by atoms with E-state index in [2.05, 4.69) is 5.32 Å². The first-order valence-corrected chi connectivity index (χ1v) is 10.1. The van der Waals surface area contributed by atoms with E-state index in [1.54, 1.807) is 18.2 Å². The van der Waals surface area contributed by atoms with Crippen LogP contribution in [0.3, 0.4) is 0 Å². The second-order valence-electron chi connectivity index (χ2n) is 8.32. The molecule has 0 heterocycles. The molecular formula is C20H23Cl2NO3. The molecular weight excluding hydrogens is 373 g/mol. The van der Waals surface area contributed by atoms with Gasteiger partial charge in [0, 0.05) is 15.6 Å². The summed E-state index contributed by atoms with van der Waals surface area (Å²) in [5.74, 6) is 1.63. The molecule has 140 valence electrons. The minimum Gasteiger partial charge on any atom is -0.455 e. The van der Waals surface area contributed by atoms with Crippen molar-refractivity contribution >= 4 is 35.1 Å². The Kier molecular flexibility index (Phi) is 4.91. The summed E-state index contributed by atoms with van der Waals surface area (Å²) in [5, 5.41) is 4.14. The van der Waals surface area contributed by atoms with Crippen molar-refractivity contribution in [2.75, 3.05) is 6.61 Å². The number of hydrogen-bond acceptors (Lipinski definition) is 3. The Morgan fingerprint density at radius 3 is 2.27 bits per heavy atom. The van der Waals surface area contributed by atoms with Crippen LogP contribution in [0.25, 0.3) is 0 Å². The van der Waals surface area contributed by atoms with Gasteiger partial charge in [0.05, 0.1) is 6.42 Å². The fourth-order valence-corrected chi connectivity index (χ4v) is 6.09. The molecule has 0 saturated heterocycles. The van der Waals surface area contributed by atoms with Crippen molar-refractivity contribution in [2.24, 2.45) is 17.8 Å². The van der Waals surface area contributed by atoms with Crippen LogP contribution in [0.15, 0.2) is 18.2 Å². The van der Waals surface area contributed by atoms with Gasteiger partial charge in [-0.15, -0.1) is 0 Å². The molecule has 0 radical (unpaired) electrons. The number of nitrogens with one attached hydrogen (secondary N) is 1. The van der Waals surface area contributed by atoms with Gasteiger partial charge in [-0.1, -0.05) is 29.3 Å². The standard InChI is InChI=1S/C20H23Cl2NO3/c21-16-2-1-15(17(22)7-16)6-19(25)26-11-18(24)23-20-8-12-3-13(9-20)5-14(4-12)10-20/h1-2,7,12-14H,3-6,8-11H2,(H,23,24). The smallest absolute Gasteiger partial charge is 0.310 e. The summed E-state index contributed by atoms with van der Waals surface area (Å²) in [4.78, 5) is 24.4. The Hall–Kier alpha value is -1.26. The van der Waals surface area contributed by atoms with Crippen LogP contribution >= 0.6 is 23.2 Å². The second kappa shape index (κ2) is 7.05. The number of amides is 1. The molecule has 0 spiro atoms. The van der Waals surface area contributed by atoms with Crippen molar-refractivity contribution < 1.29 is 14.3 Å². The molecule has 0 unspecified atom stereocenters. The first-order valence-electron chi connectivity index (χ1n) is 9.31. The number of esters is 1. The van der Waals surface area contributed by atoms with Gasteiger partial charge in [-0.2, -0.15) is 0 Å². The lowest BCUT2D eigenvalue weighted by molar-refractivity contribution is -0.149. The summed E-state index contributed by atoms with van der Waals surface area (Å²) in [6, 6.07) is 4.96. The second-order valence-corrected chi connectivity index (χ2v) is 9.16. The first-order chi connectivity index (χ1) is 12.4. The van der Waals surface area contributed by atoms with E-state index in [1.165, 1.54) is 19.3 Å². The largest absolute Gasteiger partial charge is 0.455 e. The van der Waals surface area contributed by atoms with Crippen LogP contribution in [0.2, 0.25) is 10.0 Å². The van der Waals surface area contributed by atoms with Gasteiger partial charge in [0.15, 0.2) is 6.61 Å². The zero-order valence-corrected chi connectivity index (χ0v) is 16.1. The van der Waals surface area contributed by atoms with Crippen LogP contribution in [0, 0.1) is 17.8 Å². The van der Waals surface area contributed by atoms with Crippen LogP contribution in [-0.2, 0) is 20.7 Å². The van der Waals surface area contributed by atoms with Crippen LogP contribution < -0.4 is 5.32 Å². The molecule has 26 heavy (non-hydrogen) atoms. The fraction of sp³-hybridized carbons (Fsp3) is 0.600. The molecule has 4 aliphatic rings. The lowest BCUT2D eigenvalue weighted by Crippen LogP contribution is -2.60. The van der Waals surface area contributed by atoms with E-state index in [0.29, 0.717) is 15.6 Å². The van der Waals surface area contributed by atoms with Gasteiger partial charge < -0.3 is 10.1 Å². The molecule has 4 nitrogen and oxygen atoms in total. The third-order valence-electron chi connectivity index (χ3n) is 6.16. The minimum absolute atomic E-state index is 0.0284. The van der Waals surface area contributed by atoms with Gasteiger partial charge in [0.25, 0.3) is 5.91 Å². The maximum atomic E-state index is 12.4. The van der Waals surface area contributed by atoms with Gasteiger partial charge in [0.2, 0.25) is 0 Å². The van der Waals surface area contributed by atoms with Crippen molar-refractivity contribution in [3.63, 3.8) is 0 Å².